The number of piperidine rings is 1. The Morgan fingerprint density at radius 3 is 2.52 bits per heavy atom. The van der Waals surface area contributed by atoms with Crippen LogP contribution in [-0.2, 0) is 0 Å². The molecule has 1 aliphatic heterocycles. The van der Waals surface area contributed by atoms with Crippen molar-refractivity contribution < 1.29 is 4.79 Å². The summed E-state index contributed by atoms with van der Waals surface area (Å²) in [6, 6.07) is 11.2. The van der Waals surface area contributed by atoms with Crippen molar-refractivity contribution in [2.24, 2.45) is 0 Å². The number of hydrogen-bond acceptors (Lipinski definition) is 6. The predicted octanol–water partition coefficient (Wildman–Crippen LogP) is 3.30. The third kappa shape index (κ3) is 3.89. The molecule has 148 valence electrons. The zero-order valence-electron chi connectivity index (χ0n) is 16.4. The molecule has 0 aliphatic carbocycles. The molecule has 1 aromatic carbocycles. The number of benzene rings is 1. The van der Waals surface area contributed by atoms with Crippen molar-refractivity contribution in [3.8, 4) is 22.4 Å². The lowest BCUT2D eigenvalue weighted by Crippen LogP contribution is -2.35. The summed E-state index contributed by atoms with van der Waals surface area (Å²) in [5, 5.41) is 0. The van der Waals surface area contributed by atoms with Crippen LogP contribution >= 0.6 is 0 Å². The van der Waals surface area contributed by atoms with Crippen LogP contribution in [0.5, 0.6) is 0 Å². The van der Waals surface area contributed by atoms with E-state index in [1.807, 2.05) is 42.2 Å². The van der Waals surface area contributed by atoms with Gasteiger partial charge in [-0.3, -0.25) is 4.79 Å². The van der Waals surface area contributed by atoms with Gasteiger partial charge in [-0.15, -0.1) is 0 Å². The van der Waals surface area contributed by atoms with E-state index in [2.05, 4.69) is 15.0 Å². The topological polar surface area (TPSA) is 111 Å². The van der Waals surface area contributed by atoms with E-state index in [9.17, 15) is 4.79 Å². The Morgan fingerprint density at radius 1 is 1.00 bits per heavy atom. The van der Waals surface area contributed by atoms with E-state index in [0.717, 1.165) is 48.3 Å². The molecule has 0 saturated carbocycles. The van der Waals surface area contributed by atoms with Crippen molar-refractivity contribution in [1.29, 1.82) is 0 Å². The maximum Gasteiger partial charge on any atom is 0.253 e. The van der Waals surface area contributed by atoms with Gasteiger partial charge in [0.05, 0.1) is 11.4 Å². The number of nitrogen functional groups attached to an aromatic ring is 2. The second-order valence-electron chi connectivity index (χ2n) is 7.30. The summed E-state index contributed by atoms with van der Waals surface area (Å²) in [6.07, 6.45) is 4.99. The lowest BCUT2D eigenvalue weighted by atomic mass is 9.97. The van der Waals surface area contributed by atoms with Crippen molar-refractivity contribution in [2.45, 2.75) is 26.2 Å². The fourth-order valence-electron chi connectivity index (χ4n) is 3.78. The van der Waals surface area contributed by atoms with Crippen LogP contribution in [0, 0.1) is 6.92 Å². The SMILES string of the molecule is Cc1nc(N)nc(-c2cccc(C(=O)N3CCCCC3)c2)c1-c1ccc(N)nc1. The first-order valence-electron chi connectivity index (χ1n) is 9.78. The zero-order chi connectivity index (χ0) is 20.4. The molecule has 1 amide bonds. The number of anilines is 2. The van der Waals surface area contributed by atoms with Gasteiger partial charge >= 0.3 is 0 Å². The number of nitrogens with zero attached hydrogens (tertiary/aromatic N) is 4. The van der Waals surface area contributed by atoms with E-state index in [4.69, 9.17) is 11.5 Å². The number of rotatable bonds is 3. The van der Waals surface area contributed by atoms with E-state index in [1.165, 1.54) is 6.42 Å². The van der Waals surface area contributed by atoms with E-state index in [1.54, 1.807) is 12.3 Å². The molecule has 1 saturated heterocycles. The molecule has 0 spiro atoms. The Balaban J connectivity index is 1.79. The first-order valence-corrected chi connectivity index (χ1v) is 9.78. The molecule has 1 fully saturated rings. The molecule has 2 aromatic heterocycles. The summed E-state index contributed by atoms with van der Waals surface area (Å²) in [4.78, 5) is 27.9. The highest BCUT2D eigenvalue weighted by Crippen LogP contribution is 2.33. The minimum atomic E-state index is 0.0565. The number of hydrogen-bond donors (Lipinski definition) is 2. The minimum absolute atomic E-state index is 0.0565. The maximum atomic E-state index is 13.0. The normalized spacial score (nSPS) is 14.0. The van der Waals surface area contributed by atoms with Crippen LogP contribution in [0.25, 0.3) is 22.4 Å². The molecule has 7 nitrogen and oxygen atoms in total. The van der Waals surface area contributed by atoms with Crippen LogP contribution in [0.1, 0.15) is 35.3 Å². The quantitative estimate of drug-likeness (QED) is 0.712. The number of carbonyl (C=O) groups excluding carboxylic acids is 1. The molecule has 3 heterocycles. The van der Waals surface area contributed by atoms with Crippen molar-refractivity contribution in [3.05, 3.63) is 53.9 Å². The highest BCUT2D eigenvalue weighted by molar-refractivity contribution is 5.96. The molecule has 3 aromatic rings. The highest BCUT2D eigenvalue weighted by Gasteiger charge is 2.20. The monoisotopic (exact) mass is 388 g/mol. The Hall–Kier alpha value is -3.48. The zero-order valence-corrected chi connectivity index (χ0v) is 16.4. The number of aromatic nitrogens is 3. The second kappa shape index (κ2) is 7.87. The molecule has 0 atom stereocenters. The summed E-state index contributed by atoms with van der Waals surface area (Å²) in [5.41, 5.74) is 16.2. The second-order valence-corrected chi connectivity index (χ2v) is 7.30. The molecule has 0 bridgehead atoms. The third-order valence-corrected chi connectivity index (χ3v) is 5.21. The van der Waals surface area contributed by atoms with E-state index < -0.39 is 0 Å². The Labute approximate surface area is 169 Å². The minimum Gasteiger partial charge on any atom is -0.384 e. The van der Waals surface area contributed by atoms with Crippen LogP contribution in [0.2, 0.25) is 0 Å². The smallest absolute Gasteiger partial charge is 0.253 e. The number of likely N-dealkylation sites (tertiary alicyclic amines) is 1. The van der Waals surface area contributed by atoms with Gasteiger partial charge in [-0.05, 0) is 50.5 Å². The lowest BCUT2D eigenvalue weighted by molar-refractivity contribution is 0.0724. The van der Waals surface area contributed by atoms with Crippen LogP contribution < -0.4 is 11.5 Å². The summed E-state index contributed by atoms with van der Waals surface area (Å²) in [6.45, 7) is 3.51. The van der Waals surface area contributed by atoms with Gasteiger partial charge in [0.25, 0.3) is 5.91 Å². The number of nitrogens with two attached hydrogens (primary N) is 2. The molecule has 0 unspecified atom stereocenters. The summed E-state index contributed by atoms with van der Waals surface area (Å²) in [5.74, 6) is 0.692. The van der Waals surface area contributed by atoms with Crippen molar-refractivity contribution >= 4 is 17.7 Å². The predicted molar refractivity (Wildman–Crippen MR) is 114 cm³/mol. The van der Waals surface area contributed by atoms with Crippen molar-refractivity contribution in [1.82, 2.24) is 19.9 Å². The van der Waals surface area contributed by atoms with E-state index in [-0.39, 0.29) is 11.9 Å². The molecular weight excluding hydrogens is 364 g/mol. The number of amides is 1. The number of aryl methyl sites for hydroxylation is 1. The summed E-state index contributed by atoms with van der Waals surface area (Å²) < 4.78 is 0. The van der Waals surface area contributed by atoms with Gasteiger partial charge < -0.3 is 16.4 Å². The Kier molecular flexibility index (Phi) is 5.12. The molecule has 4 rings (SSSR count). The summed E-state index contributed by atoms with van der Waals surface area (Å²) in [7, 11) is 0. The van der Waals surface area contributed by atoms with Crippen LogP contribution in [-0.4, -0.2) is 38.8 Å². The summed E-state index contributed by atoms with van der Waals surface area (Å²) >= 11 is 0. The lowest BCUT2D eigenvalue weighted by Gasteiger charge is -2.26. The average molecular weight is 388 g/mol. The molecule has 7 heteroatoms. The largest absolute Gasteiger partial charge is 0.384 e. The molecular formula is C22H24N6O. The number of carbonyl (C=O) groups is 1. The van der Waals surface area contributed by atoms with Crippen molar-refractivity contribution in [3.63, 3.8) is 0 Å². The van der Waals surface area contributed by atoms with Gasteiger partial charge in [0, 0.05) is 41.5 Å². The van der Waals surface area contributed by atoms with Crippen molar-refractivity contribution in [2.75, 3.05) is 24.6 Å². The number of pyridine rings is 1. The fourth-order valence-corrected chi connectivity index (χ4v) is 3.78. The van der Waals surface area contributed by atoms with E-state index in [0.29, 0.717) is 17.1 Å². The van der Waals surface area contributed by atoms with Crippen LogP contribution in [0.4, 0.5) is 11.8 Å². The third-order valence-electron chi connectivity index (χ3n) is 5.21. The Bertz CT molecular complexity index is 1040. The standard InChI is InChI=1S/C22H24N6O/c1-14-19(17-8-9-18(23)25-13-17)20(27-22(24)26-14)15-6-5-7-16(12-15)21(29)28-10-3-2-4-11-28/h5-9,12-13H,2-4,10-11H2,1H3,(H2,23,25)(H2,24,26,27). The van der Waals surface area contributed by atoms with Gasteiger partial charge in [0.2, 0.25) is 5.95 Å². The van der Waals surface area contributed by atoms with Crippen LogP contribution in [0.15, 0.2) is 42.6 Å². The Morgan fingerprint density at radius 2 is 1.79 bits per heavy atom. The van der Waals surface area contributed by atoms with Gasteiger partial charge in [0.15, 0.2) is 0 Å². The van der Waals surface area contributed by atoms with E-state index >= 15 is 0 Å². The van der Waals surface area contributed by atoms with Gasteiger partial charge in [-0.2, -0.15) is 0 Å². The first kappa shape index (κ1) is 18.9. The molecule has 4 N–H and O–H groups in total. The van der Waals surface area contributed by atoms with Gasteiger partial charge in [-0.1, -0.05) is 12.1 Å². The average Bonchev–Trinajstić information content (AvgIpc) is 2.74. The van der Waals surface area contributed by atoms with Gasteiger partial charge in [0.1, 0.15) is 5.82 Å². The highest BCUT2D eigenvalue weighted by atomic mass is 16.2. The molecule has 0 radical (unpaired) electrons. The fraction of sp³-hybridized carbons (Fsp3) is 0.273. The molecule has 1 aliphatic rings. The molecule has 29 heavy (non-hydrogen) atoms. The first-order chi connectivity index (χ1) is 14.0. The van der Waals surface area contributed by atoms with Crippen LogP contribution in [0.3, 0.4) is 0 Å². The maximum absolute atomic E-state index is 13.0. The van der Waals surface area contributed by atoms with Gasteiger partial charge in [-0.25, -0.2) is 15.0 Å².